The van der Waals surface area contributed by atoms with Crippen molar-refractivity contribution in [1.29, 1.82) is 5.26 Å². The van der Waals surface area contributed by atoms with Gasteiger partial charge in [0.15, 0.2) is 0 Å². The van der Waals surface area contributed by atoms with Gasteiger partial charge in [-0.05, 0) is 37.1 Å². The lowest BCUT2D eigenvalue weighted by Gasteiger charge is -2.03. The molecule has 0 fully saturated rings. The average Bonchev–Trinajstić information content (AvgIpc) is 2.34. The van der Waals surface area contributed by atoms with Crippen LogP contribution in [-0.4, -0.2) is 0 Å². The molecule has 0 radical (unpaired) electrons. The molecule has 0 spiro atoms. The molecule has 0 aromatic heterocycles. The summed E-state index contributed by atoms with van der Waals surface area (Å²) in [7, 11) is 0. The molecule has 0 N–H and O–H groups in total. The zero-order chi connectivity index (χ0) is 13.5. The fraction of sp³-hybridized carbons (Fsp3) is 0.133. The van der Waals surface area contributed by atoms with Crippen molar-refractivity contribution in [2.75, 3.05) is 0 Å². The predicted octanol–water partition coefficient (Wildman–Crippen LogP) is 4.37. The van der Waals surface area contributed by atoms with Crippen molar-refractivity contribution in [3.63, 3.8) is 0 Å². The Morgan fingerprint density at radius 2 is 1.78 bits per heavy atom. The molecule has 1 nitrogen and oxygen atoms in total. The lowest BCUT2D eigenvalue weighted by atomic mass is 10.0. The molecule has 3 heteroatoms. The van der Waals surface area contributed by atoms with E-state index in [9.17, 15) is 8.78 Å². The molecular formula is C15H13F2N. The predicted molar refractivity (Wildman–Crippen MR) is 68.7 cm³/mol. The summed E-state index contributed by atoms with van der Waals surface area (Å²) < 4.78 is 26.8. The zero-order valence-electron chi connectivity index (χ0n) is 10.2. The van der Waals surface area contributed by atoms with Gasteiger partial charge in [-0.1, -0.05) is 30.4 Å². The van der Waals surface area contributed by atoms with Crippen LogP contribution in [0.5, 0.6) is 0 Å². The molecule has 0 aliphatic heterocycles. The van der Waals surface area contributed by atoms with Crippen molar-refractivity contribution in [1.82, 2.24) is 0 Å². The fourth-order valence-electron chi connectivity index (χ4n) is 1.38. The summed E-state index contributed by atoms with van der Waals surface area (Å²) in [5.74, 6) is -1.67. The van der Waals surface area contributed by atoms with Gasteiger partial charge < -0.3 is 0 Å². The maximum absolute atomic E-state index is 13.4. The molecule has 0 bridgehead atoms. The van der Waals surface area contributed by atoms with Crippen molar-refractivity contribution in [2.24, 2.45) is 0 Å². The van der Waals surface area contributed by atoms with Gasteiger partial charge in [0.2, 0.25) is 0 Å². The largest absolute Gasteiger partial charge is 0.205 e. The van der Waals surface area contributed by atoms with E-state index in [1.165, 1.54) is 6.07 Å². The molecule has 1 rings (SSSR count). The third-order valence-corrected chi connectivity index (χ3v) is 2.37. The number of nitrogens with zero attached hydrogens (tertiary/aromatic N) is 1. The standard InChI is InChI=1S/C15H13F2N/c1-3-4-5-6-7-11(2)12-8-14(16)13(10-18)15(17)9-12/h3-9H,1-2H3/b4-3-,6-5-,11-7+. The van der Waals surface area contributed by atoms with E-state index in [2.05, 4.69) is 0 Å². The van der Waals surface area contributed by atoms with Gasteiger partial charge in [0.25, 0.3) is 0 Å². The average molecular weight is 245 g/mol. The Balaban J connectivity index is 3.08. The van der Waals surface area contributed by atoms with E-state index < -0.39 is 17.2 Å². The minimum atomic E-state index is -0.835. The first kappa shape index (κ1) is 13.9. The summed E-state index contributed by atoms with van der Waals surface area (Å²) in [5, 5.41) is 8.57. The third kappa shape index (κ3) is 3.39. The molecule has 1 aromatic carbocycles. The molecule has 1 aromatic rings. The Morgan fingerprint density at radius 1 is 1.17 bits per heavy atom. The van der Waals surface area contributed by atoms with Crippen LogP contribution >= 0.6 is 0 Å². The maximum atomic E-state index is 13.4. The number of nitriles is 1. The highest BCUT2D eigenvalue weighted by molar-refractivity contribution is 5.66. The molecule has 0 atom stereocenters. The van der Waals surface area contributed by atoms with Crippen LogP contribution in [0, 0.1) is 23.0 Å². The molecule has 0 aliphatic carbocycles. The molecule has 0 unspecified atom stereocenters. The number of allylic oxidation sites excluding steroid dienone is 6. The topological polar surface area (TPSA) is 23.8 Å². The van der Waals surface area contributed by atoms with E-state index in [4.69, 9.17) is 5.26 Å². The van der Waals surface area contributed by atoms with Crippen LogP contribution in [-0.2, 0) is 0 Å². The van der Waals surface area contributed by atoms with Crippen LogP contribution in [0.15, 0.2) is 42.5 Å². The van der Waals surface area contributed by atoms with Crippen molar-refractivity contribution in [3.8, 4) is 6.07 Å². The minimum absolute atomic E-state index is 0.425. The Morgan fingerprint density at radius 3 is 2.28 bits per heavy atom. The maximum Gasteiger partial charge on any atom is 0.144 e. The van der Waals surface area contributed by atoms with Gasteiger partial charge in [-0.3, -0.25) is 0 Å². The Kier molecular flexibility index (Phi) is 5.01. The van der Waals surface area contributed by atoms with Crippen LogP contribution < -0.4 is 0 Å². The van der Waals surface area contributed by atoms with Gasteiger partial charge in [-0.2, -0.15) is 5.26 Å². The van der Waals surface area contributed by atoms with Crippen LogP contribution in [0.2, 0.25) is 0 Å². The van der Waals surface area contributed by atoms with Gasteiger partial charge in [-0.15, -0.1) is 0 Å². The normalized spacial score (nSPS) is 12.3. The molecule has 18 heavy (non-hydrogen) atoms. The van der Waals surface area contributed by atoms with E-state index in [1.54, 1.807) is 19.1 Å². The summed E-state index contributed by atoms with van der Waals surface area (Å²) in [6.45, 7) is 3.65. The first-order chi connectivity index (χ1) is 8.60. The molecule has 92 valence electrons. The number of halogens is 2. The monoisotopic (exact) mass is 245 g/mol. The van der Waals surface area contributed by atoms with E-state index >= 15 is 0 Å². The summed E-state index contributed by atoms with van der Waals surface area (Å²) in [5.41, 5.74) is 0.600. The number of benzene rings is 1. The molecule has 0 aliphatic rings. The van der Waals surface area contributed by atoms with Crippen molar-refractivity contribution >= 4 is 5.57 Å². The quantitative estimate of drug-likeness (QED) is 0.725. The van der Waals surface area contributed by atoms with Gasteiger partial charge >= 0.3 is 0 Å². The Hall–Kier alpha value is -2.21. The fourth-order valence-corrected chi connectivity index (χ4v) is 1.38. The highest BCUT2D eigenvalue weighted by Gasteiger charge is 2.10. The van der Waals surface area contributed by atoms with Gasteiger partial charge in [0, 0.05) is 0 Å². The summed E-state index contributed by atoms with van der Waals surface area (Å²) in [6.07, 6.45) is 9.08. The number of hydrogen-bond donors (Lipinski definition) is 0. The first-order valence-electron chi connectivity index (χ1n) is 5.46. The molecular weight excluding hydrogens is 232 g/mol. The molecule has 0 saturated carbocycles. The summed E-state index contributed by atoms with van der Waals surface area (Å²) in [4.78, 5) is 0. The van der Waals surface area contributed by atoms with Crippen molar-refractivity contribution in [3.05, 3.63) is 65.3 Å². The minimum Gasteiger partial charge on any atom is -0.205 e. The highest BCUT2D eigenvalue weighted by atomic mass is 19.1. The molecule has 0 amide bonds. The van der Waals surface area contributed by atoms with E-state index in [1.807, 2.05) is 25.2 Å². The van der Waals surface area contributed by atoms with E-state index in [0.29, 0.717) is 5.56 Å². The number of hydrogen-bond acceptors (Lipinski definition) is 1. The summed E-state index contributed by atoms with van der Waals surface area (Å²) >= 11 is 0. The van der Waals surface area contributed by atoms with Crippen LogP contribution in [0.25, 0.3) is 5.57 Å². The van der Waals surface area contributed by atoms with Gasteiger partial charge in [-0.25, -0.2) is 8.78 Å². The Labute approximate surface area is 105 Å². The lowest BCUT2D eigenvalue weighted by Crippen LogP contribution is -1.93. The van der Waals surface area contributed by atoms with E-state index in [0.717, 1.165) is 17.7 Å². The second-order valence-electron chi connectivity index (χ2n) is 3.69. The summed E-state index contributed by atoms with van der Waals surface area (Å²) in [6, 6.07) is 3.82. The second-order valence-corrected chi connectivity index (χ2v) is 3.69. The van der Waals surface area contributed by atoms with Crippen molar-refractivity contribution in [2.45, 2.75) is 13.8 Å². The van der Waals surface area contributed by atoms with Crippen molar-refractivity contribution < 1.29 is 8.78 Å². The van der Waals surface area contributed by atoms with Crippen LogP contribution in [0.3, 0.4) is 0 Å². The molecule has 0 saturated heterocycles. The van der Waals surface area contributed by atoms with Gasteiger partial charge in [0.05, 0.1) is 0 Å². The SMILES string of the molecule is C\C=C/C=C\C=C(/C)c1cc(F)c(C#N)c(F)c1. The van der Waals surface area contributed by atoms with E-state index in [-0.39, 0.29) is 0 Å². The van der Waals surface area contributed by atoms with Gasteiger partial charge in [0.1, 0.15) is 23.3 Å². The van der Waals surface area contributed by atoms with Crippen LogP contribution in [0.1, 0.15) is 25.0 Å². The lowest BCUT2D eigenvalue weighted by molar-refractivity contribution is 0.576. The zero-order valence-corrected chi connectivity index (χ0v) is 10.2. The second kappa shape index (κ2) is 6.51. The van der Waals surface area contributed by atoms with Crippen LogP contribution in [0.4, 0.5) is 8.78 Å². The number of rotatable bonds is 3. The highest BCUT2D eigenvalue weighted by Crippen LogP contribution is 2.20. The third-order valence-electron chi connectivity index (χ3n) is 2.37. The first-order valence-corrected chi connectivity index (χ1v) is 5.46. The Bertz CT molecular complexity index is 537. The smallest absolute Gasteiger partial charge is 0.144 e. The molecule has 0 heterocycles.